The first-order valence-corrected chi connectivity index (χ1v) is 14.1. The molecule has 0 atom stereocenters. The Morgan fingerprint density at radius 3 is 2.02 bits per heavy atom. The van der Waals surface area contributed by atoms with Crippen molar-refractivity contribution in [3.8, 4) is 17.6 Å². The van der Waals surface area contributed by atoms with Crippen LogP contribution in [0.5, 0.6) is 11.5 Å². The lowest BCUT2D eigenvalue weighted by Gasteiger charge is -2.35. The maximum Gasteiger partial charge on any atom is 0.414 e. The van der Waals surface area contributed by atoms with Crippen LogP contribution in [0.25, 0.3) is 0 Å². The lowest BCUT2D eigenvalue weighted by atomic mass is 10.1. The number of aromatic nitrogens is 2. The normalized spacial score (nSPS) is 15.3. The second-order valence-corrected chi connectivity index (χ2v) is 11.2. The van der Waals surface area contributed by atoms with Crippen molar-refractivity contribution in [1.82, 2.24) is 9.97 Å². The van der Waals surface area contributed by atoms with Crippen molar-refractivity contribution in [3.63, 3.8) is 0 Å². The molecule has 45 heavy (non-hydrogen) atoms. The molecule has 2 aliphatic heterocycles. The van der Waals surface area contributed by atoms with Crippen LogP contribution < -0.4 is 19.7 Å². The highest BCUT2D eigenvalue weighted by Crippen LogP contribution is 2.40. The summed E-state index contributed by atoms with van der Waals surface area (Å²) in [4.78, 5) is 33.8. The molecule has 0 fully saturated rings. The Hall–Kier alpha value is -4.93. The summed E-state index contributed by atoms with van der Waals surface area (Å²) in [5.74, 6) is -0.178. The number of carbonyl (C=O) groups excluding carboxylic acids is 2. The molecular weight excluding hydrogens is 582 g/mol. The fourth-order valence-electron chi connectivity index (χ4n) is 4.59. The van der Waals surface area contributed by atoms with Crippen LogP contribution in [0, 0.1) is 25.2 Å². The van der Waals surface area contributed by atoms with E-state index in [4.69, 9.17) is 28.9 Å². The van der Waals surface area contributed by atoms with Crippen LogP contribution in [-0.4, -0.2) is 47.9 Å². The molecule has 13 heteroatoms. The highest BCUT2D eigenvalue weighted by atomic mass is 16.7. The Labute approximate surface area is 262 Å². The summed E-state index contributed by atoms with van der Waals surface area (Å²) >= 11 is 0. The number of pyridine rings is 2. The SMILES string of the molecule is COC(=O)N(Cc1ccc(C#N)cc1)c1cnc(C)c2c1COC(C)(C)O2.COC(=O)Nc1cnc(C)c2c1COC(C)(C)O2. The average molecular weight is 620 g/mol. The molecule has 1 aromatic carbocycles. The van der Waals surface area contributed by atoms with Crippen LogP contribution in [0.2, 0.25) is 0 Å². The second-order valence-electron chi connectivity index (χ2n) is 11.2. The molecule has 0 unspecified atom stereocenters. The van der Waals surface area contributed by atoms with Gasteiger partial charge in [-0.1, -0.05) is 12.1 Å². The number of carbonyl (C=O) groups is 2. The summed E-state index contributed by atoms with van der Waals surface area (Å²) < 4.78 is 32.5. The molecule has 2 aliphatic rings. The molecule has 0 spiro atoms. The number of nitrogens with one attached hydrogen (secondary N) is 1. The summed E-state index contributed by atoms with van der Waals surface area (Å²) in [6.07, 6.45) is 2.13. The lowest BCUT2D eigenvalue weighted by molar-refractivity contribution is -0.180. The zero-order valence-electron chi connectivity index (χ0n) is 26.6. The maximum atomic E-state index is 12.5. The highest BCUT2D eigenvalue weighted by Gasteiger charge is 2.34. The minimum absolute atomic E-state index is 0.263. The van der Waals surface area contributed by atoms with E-state index in [9.17, 15) is 9.59 Å². The van der Waals surface area contributed by atoms with Gasteiger partial charge in [0.25, 0.3) is 0 Å². The molecule has 2 amide bonds. The van der Waals surface area contributed by atoms with Crippen molar-refractivity contribution in [3.05, 3.63) is 70.3 Å². The van der Waals surface area contributed by atoms with Gasteiger partial charge in [0.2, 0.25) is 11.6 Å². The quantitative estimate of drug-likeness (QED) is 0.371. The van der Waals surface area contributed by atoms with Crippen molar-refractivity contribution in [1.29, 1.82) is 5.26 Å². The number of anilines is 2. The number of fused-ring (bicyclic) bond motifs is 2. The number of nitriles is 1. The summed E-state index contributed by atoms with van der Waals surface area (Å²) in [6, 6.07) is 9.11. The standard InChI is InChI=1S/C20H21N3O4.C12H16N2O4/c1-13-18-16(12-26-20(2,3)27-18)17(10-22-13)23(19(24)25-4)11-15-7-5-14(9-21)6-8-15;1-7-10-8(6-17-12(2,3)18-10)9(5-13-7)14-11(15)16-4/h5-8,10H,11-12H2,1-4H3;5H,6H2,1-4H3,(H,14,15). The number of nitrogens with zero attached hydrogens (tertiary/aromatic N) is 4. The highest BCUT2D eigenvalue weighted by molar-refractivity contribution is 5.89. The first-order chi connectivity index (χ1) is 21.3. The molecule has 5 rings (SSSR count). The molecule has 1 N–H and O–H groups in total. The van der Waals surface area contributed by atoms with E-state index >= 15 is 0 Å². The van der Waals surface area contributed by atoms with Gasteiger partial charge in [-0.25, -0.2) is 9.59 Å². The fourth-order valence-corrected chi connectivity index (χ4v) is 4.59. The molecule has 238 valence electrons. The van der Waals surface area contributed by atoms with Gasteiger partial charge in [0, 0.05) is 38.8 Å². The van der Waals surface area contributed by atoms with Crippen LogP contribution in [0.15, 0.2) is 36.7 Å². The number of ether oxygens (including phenoxy) is 6. The van der Waals surface area contributed by atoms with E-state index in [2.05, 4.69) is 26.1 Å². The van der Waals surface area contributed by atoms with Crippen molar-refractivity contribution >= 4 is 23.6 Å². The van der Waals surface area contributed by atoms with E-state index in [1.807, 2.05) is 41.5 Å². The number of benzene rings is 1. The van der Waals surface area contributed by atoms with E-state index in [-0.39, 0.29) is 6.54 Å². The first kappa shape index (κ1) is 33.0. The van der Waals surface area contributed by atoms with Crippen LogP contribution in [0.3, 0.4) is 0 Å². The van der Waals surface area contributed by atoms with Crippen LogP contribution in [-0.2, 0) is 38.7 Å². The first-order valence-electron chi connectivity index (χ1n) is 14.1. The Balaban J connectivity index is 0.000000222. The molecule has 0 saturated carbocycles. The number of hydrogen-bond donors (Lipinski definition) is 1. The molecule has 4 heterocycles. The Morgan fingerprint density at radius 1 is 0.911 bits per heavy atom. The molecule has 0 bridgehead atoms. The van der Waals surface area contributed by atoms with Gasteiger partial charge >= 0.3 is 12.2 Å². The maximum absolute atomic E-state index is 12.5. The van der Waals surface area contributed by atoms with E-state index in [0.29, 0.717) is 41.7 Å². The van der Waals surface area contributed by atoms with E-state index in [0.717, 1.165) is 28.1 Å². The monoisotopic (exact) mass is 619 g/mol. The molecule has 0 saturated heterocycles. The second kappa shape index (κ2) is 13.4. The van der Waals surface area contributed by atoms with Gasteiger partial charge in [0.15, 0.2) is 11.5 Å². The summed E-state index contributed by atoms with van der Waals surface area (Å²) in [5, 5.41) is 11.5. The Morgan fingerprint density at radius 2 is 1.47 bits per heavy atom. The van der Waals surface area contributed by atoms with Crippen LogP contribution in [0.1, 0.15) is 61.3 Å². The number of rotatable bonds is 4. The van der Waals surface area contributed by atoms with Crippen LogP contribution >= 0.6 is 0 Å². The average Bonchev–Trinajstić information content (AvgIpc) is 3.01. The number of methoxy groups -OCH3 is 2. The van der Waals surface area contributed by atoms with E-state index < -0.39 is 23.8 Å². The minimum Gasteiger partial charge on any atom is -0.461 e. The lowest BCUT2D eigenvalue weighted by Crippen LogP contribution is -2.38. The topological polar surface area (TPSA) is 154 Å². The van der Waals surface area contributed by atoms with Crippen molar-refractivity contribution in [2.24, 2.45) is 0 Å². The van der Waals surface area contributed by atoms with Gasteiger partial charge < -0.3 is 28.4 Å². The third-order valence-electron chi connectivity index (χ3n) is 6.96. The Kier molecular flexibility index (Phi) is 9.80. The van der Waals surface area contributed by atoms with Gasteiger partial charge in [-0.05, 0) is 31.5 Å². The number of amides is 2. The largest absolute Gasteiger partial charge is 0.461 e. The molecule has 3 aromatic rings. The van der Waals surface area contributed by atoms with Crippen LogP contribution in [0.4, 0.5) is 21.0 Å². The predicted molar refractivity (Wildman–Crippen MR) is 163 cm³/mol. The van der Waals surface area contributed by atoms with E-state index in [1.54, 1.807) is 36.7 Å². The van der Waals surface area contributed by atoms with Gasteiger partial charge in [0.1, 0.15) is 0 Å². The summed E-state index contributed by atoms with van der Waals surface area (Å²) in [5.41, 5.74) is 5.53. The van der Waals surface area contributed by atoms with Gasteiger partial charge in [-0.3, -0.25) is 20.2 Å². The molecule has 0 aliphatic carbocycles. The predicted octanol–water partition coefficient (Wildman–Crippen LogP) is 5.89. The number of aryl methyl sites for hydroxylation is 2. The summed E-state index contributed by atoms with van der Waals surface area (Å²) in [7, 11) is 2.64. The van der Waals surface area contributed by atoms with Crippen molar-refractivity contribution in [2.45, 2.75) is 72.9 Å². The summed E-state index contributed by atoms with van der Waals surface area (Å²) in [6.45, 7) is 11.9. The van der Waals surface area contributed by atoms with Gasteiger partial charge in [0.05, 0.1) is 80.8 Å². The van der Waals surface area contributed by atoms with Gasteiger partial charge in [-0.15, -0.1) is 0 Å². The fraction of sp³-hybridized carbons (Fsp3) is 0.406. The minimum atomic E-state index is -0.763. The smallest absolute Gasteiger partial charge is 0.414 e. The third-order valence-corrected chi connectivity index (χ3v) is 6.96. The molecule has 2 aromatic heterocycles. The van der Waals surface area contributed by atoms with Crippen molar-refractivity contribution < 1.29 is 38.0 Å². The van der Waals surface area contributed by atoms with Gasteiger partial charge in [-0.2, -0.15) is 5.26 Å². The molecule has 0 radical (unpaired) electrons. The van der Waals surface area contributed by atoms with E-state index in [1.165, 1.54) is 19.1 Å². The molecular formula is C32H37N5O8. The zero-order chi connectivity index (χ0) is 32.9. The van der Waals surface area contributed by atoms with Crippen molar-refractivity contribution in [2.75, 3.05) is 24.4 Å². The Bertz CT molecular complexity index is 1620. The zero-order valence-corrected chi connectivity index (χ0v) is 26.6. The third kappa shape index (κ3) is 7.78. The number of hydrogen-bond acceptors (Lipinski definition) is 11. The molecule has 13 nitrogen and oxygen atoms in total.